The van der Waals surface area contributed by atoms with Crippen molar-refractivity contribution in [3.05, 3.63) is 28.8 Å². The Balaban J connectivity index is 1.80. The van der Waals surface area contributed by atoms with E-state index in [-0.39, 0.29) is 0 Å². The minimum atomic E-state index is 0.400. The highest BCUT2D eigenvalue weighted by atomic mass is 35.5. The molecule has 0 amide bonds. The average molecular weight is 295 g/mol. The van der Waals surface area contributed by atoms with Crippen LogP contribution in [0.3, 0.4) is 0 Å². The predicted molar refractivity (Wildman–Crippen MR) is 82.5 cm³/mol. The van der Waals surface area contributed by atoms with Crippen LogP contribution in [0, 0.1) is 0 Å². The second kappa shape index (κ2) is 5.92. The lowest BCUT2D eigenvalue weighted by Gasteiger charge is -2.42. The summed E-state index contributed by atoms with van der Waals surface area (Å²) in [5.41, 5.74) is 1.59. The van der Waals surface area contributed by atoms with Crippen LogP contribution in [0.25, 0.3) is 0 Å². The van der Waals surface area contributed by atoms with Crippen LogP contribution in [0.1, 0.15) is 31.2 Å². The Kier molecular flexibility index (Phi) is 4.20. The summed E-state index contributed by atoms with van der Waals surface area (Å²) in [5, 5.41) is 4.25. The van der Waals surface area contributed by atoms with Crippen molar-refractivity contribution < 1.29 is 4.74 Å². The number of piperidine rings is 1. The maximum absolute atomic E-state index is 6.45. The molecule has 2 saturated heterocycles. The van der Waals surface area contributed by atoms with Crippen LogP contribution in [-0.2, 0) is 6.54 Å². The third-order valence-corrected chi connectivity index (χ3v) is 5.33. The average Bonchev–Trinajstić information content (AvgIpc) is 2.84. The Morgan fingerprint density at radius 3 is 2.85 bits per heavy atom. The van der Waals surface area contributed by atoms with Crippen LogP contribution in [0.15, 0.2) is 18.2 Å². The lowest BCUT2D eigenvalue weighted by atomic mass is 9.85. The van der Waals surface area contributed by atoms with Crippen LogP contribution >= 0.6 is 11.6 Å². The maximum atomic E-state index is 6.45. The number of ether oxygens (including phenoxy) is 1. The summed E-state index contributed by atoms with van der Waals surface area (Å²) < 4.78 is 5.33. The van der Waals surface area contributed by atoms with Gasteiger partial charge >= 0.3 is 0 Å². The van der Waals surface area contributed by atoms with Crippen molar-refractivity contribution in [1.82, 2.24) is 10.2 Å². The number of benzene rings is 1. The Labute approximate surface area is 126 Å². The molecule has 0 saturated carbocycles. The van der Waals surface area contributed by atoms with Gasteiger partial charge in [-0.05, 0) is 56.9 Å². The SMILES string of the molecule is COc1cccc(CN2CCCC23CCNCC3)c1Cl. The number of nitrogens with one attached hydrogen (secondary N) is 1. The summed E-state index contributed by atoms with van der Waals surface area (Å²) in [6.07, 6.45) is 5.15. The van der Waals surface area contributed by atoms with Crippen molar-refractivity contribution in [3.63, 3.8) is 0 Å². The second-order valence-electron chi connectivity index (χ2n) is 5.93. The summed E-state index contributed by atoms with van der Waals surface area (Å²) in [7, 11) is 1.68. The van der Waals surface area contributed by atoms with E-state index < -0.39 is 0 Å². The fraction of sp³-hybridized carbons (Fsp3) is 0.625. The molecule has 0 atom stereocenters. The van der Waals surface area contributed by atoms with Crippen molar-refractivity contribution in [2.24, 2.45) is 0 Å². The summed E-state index contributed by atoms with van der Waals surface area (Å²) in [5.74, 6) is 0.780. The number of nitrogens with zero attached hydrogens (tertiary/aromatic N) is 1. The summed E-state index contributed by atoms with van der Waals surface area (Å²) >= 11 is 6.45. The zero-order chi connectivity index (χ0) is 14.0. The molecule has 2 heterocycles. The van der Waals surface area contributed by atoms with E-state index >= 15 is 0 Å². The Morgan fingerprint density at radius 2 is 2.10 bits per heavy atom. The van der Waals surface area contributed by atoms with E-state index in [1.54, 1.807) is 7.11 Å². The third-order valence-electron chi connectivity index (χ3n) is 4.90. The fourth-order valence-electron chi connectivity index (χ4n) is 3.74. The topological polar surface area (TPSA) is 24.5 Å². The second-order valence-corrected chi connectivity index (χ2v) is 6.31. The summed E-state index contributed by atoms with van der Waals surface area (Å²) in [4.78, 5) is 2.65. The predicted octanol–water partition coefficient (Wildman–Crippen LogP) is 3.07. The molecular formula is C16H23ClN2O. The Hall–Kier alpha value is -0.770. The zero-order valence-corrected chi connectivity index (χ0v) is 12.9. The summed E-state index contributed by atoms with van der Waals surface area (Å²) in [6, 6.07) is 6.08. The molecule has 1 spiro atoms. The van der Waals surface area contributed by atoms with Gasteiger partial charge in [0.2, 0.25) is 0 Å². The molecule has 110 valence electrons. The largest absolute Gasteiger partial charge is 0.495 e. The number of likely N-dealkylation sites (tertiary alicyclic amines) is 1. The first-order valence-corrected chi connectivity index (χ1v) is 7.90. The first-order valence-electron chi connectivity index (χ1n) is 7.52. The van der Waals surface area contributed by atoms with E-state index in [1.165, 1.54) is 37.8 Å². The van der Waals surface area contributed by atoms with Crippen LogP contribution in [0.5, 0.6) is 5.75 Å². The highest BCUT2D eigenvalue weighted by Crippen LogP contribution is 2.39. The van der Waals surface area contributed by atoms with Crippen molar-refractivity contribution in [2.45, 2.75) is 37.8 Å². The van der Waals surface area contributed by atoms with Gasteiger partial charge in [0.15, 0.2) is 0 Å². The van der Waals surface area contributed by atoms with Gasteiger partial charge in [-0.3, -0.25) is 4.90 Å². The van der Waals surface area contributed by atoms with Gasteiger partial charge in [0, 0.05) is 12.1 Å². The van der Waals surface area contributed by atoms with Gasteiger partial charge in [-0.2, -0.15) is 0 Å². The molecule has 0 bridgehead atoms. The highest BCUT2D eigenvalue weighted by Gasteiger charge is 2.41. The van der Waals surface area contributed by atoms with Crippen molar-refractivity contribution in [1.29, 1.82) is 0 Å². The van der Waals surface area contributed by atoms with E-state index in [9.17, 15) is 0 Å². The monoisotopic (exact) mass is 294 g/mol. The fourth-order valence-corrected chi connectivity index (χ4v) is 4.00. The van der Waals surface area contributed by atoms with Crippen LogP contribution in [0.2, 0.25) is 5.02 Å². The van der Waals surface area contributed by atoms with Gasteiger partial charge in [-0.15, -0.1) is 0 Å². The smallest absolute Gasteiger partial charge is 0.137 e. The van der Waals surface area contributed by atoms with Gasteiger partial charge in [0.05, 0.1) is 12.1 Å². The minimum Gasteiger partial charge on any atom is -0.495 e. The van der Waals surface area contributed by atoms with E-state index in [2.05, 4.69) is 16.3 Å². The molecule has 0 radical (unpaired) electrons. The molecule has 20 heavy (non-hydrogen) atoms. The highest BCUT2D eigenvalue weighted by molar-refractivity contribution is 6.32. The van der Waals surface area contributed by atoms with Gasteiger partial charge in [0.25, 0.3) is 0 Å². The van der Waals surface area contributed by atoms with Crippen LogP contribution < -0.4 is 10.1 Å². The maximum Gasteiger partial charge on any atom is 0.137 e. The van der Waals surface area contributed by atoms with Gasteiger partial charge in [-0.25, -0.2) is 0 Å². The molecule has 4 heteroatoms. The Bertz CT molecular complexity index is 472. The summed E-state index contributed by atoms with van der Waals surface area (Å²) in [6.45, 7) is 4.41. The lowest BCUT2D eigenvalue weighted by Crippen LogP contribution is -2.50. The molecule has 1 aromatic carbocycles. The Morgan fingerprint density at radius 1 is 1.30 bits per heavy atom. The van der Waals surface area contributed by atoms with Crippen LogP contribution in [-0.4, -0.2) is 37.2 Å². The van der Waals surface area contributed by atoms with E-state index in [0.717, 1.165) is 30.4 Å². The first-order chi connectivity index (χ1) is 9.75. The number of methoxy groups -OCH3 is 1. The molecule has 0 unspecified atom stereocenters. The minimum absolute atomic E-state index is 0.400. The van der Waals surface area contributed by atoms with Crippen molar-refractivity contribution >= 4 is 11.6 Å². The first kappa shape index (κ1) is 14.2. The molecule has 2 aliphatic heterocycles. The lowest BCUT2D eigenvalue weighted by molar-refractivity contribution is 0.0928. The van der Waals surface area contributed by atoms with Crippen molar-refractivity contribution in [3.8, 4) is 5.75 Å². The molecular weight excluding hydrogens is 272 g/mol. The van der Waals surface area contributed by atoms with E-state index in [4.69, 9.17) is 16.3 Å². The van der Waals surface area contributed by atoms with Crippen molar-refractivity contribution in [2.75, 3.05) is 26.7 Å². The molecule has 2 fully saturated rings. The van der Waals surface area contributed by atoms with Gasteiger partial charge in [-0.1, -0.05) is 23.7 Å². The zero-order valence-electron chi connectivity index (χ0n) is 12.1. The normalized spacial score (nSPS) is 22.3. The van der Waals surface area contributed by atoms with Crippen LogP contribution in [0.4, 0.5) is 0 Å². The van der Waals surface area contributed by atoms with Gasteiger partial charge < -0.3 is 10.1 Å². The number of hydrogen-bond donors (Lipinski definition) is 1. The molecule has 2 aliphatic rings. The molecule has 1 aromatic rings. The third kappa shape index (κ3) is 2.54. The molecule has 0 aliphatic carbocycles. The quantitative estimate of drug-likeness (QED) is 0.927. The molecule has 3 nitrogen and oxygen atoms in total. The molecule has 1 N–H and O–H groups in total. The molecule has 0 aromatic heterocycles. The van der Waals surface area contributed by atoms with Gasteiger partial charge in [0.1, 0.15) is 5.75 Å². The standard InChI is InChI=1S/C16H23ClN2O/c1-20-14-5-2-4-13(15(14)17)12-19-11-3-6-16(19)7-9-18-10-8-16/h2,4-5,18H,3,6-12H2,1H3. The number of halogens is 1. The number of rotatable bonds is 3. The molecule has 3 rings (SSSR count). The number of hydrogen-bond acceptors (Lipinski definition) is 3. The van der Waals surface area contributed by atoms with E-state index in [1.807, 2.05) is 12.1 Å². The van der Waals surface area contributed by atoms with E-state index in [0.29, 0.717) is 5.54 Å².